The number of aryl methyl sites for hydroxylation is 3. The van der Waals surface area contributed by atoms with E-state index in [9.17, 15) is 8.42 Å². The van der Waals surface area contributed by atoms with E-state index < -0.39 is 10.0 Å². The zero-order valence-corrected chi connectivity index (χ0v) is 16.2. The maximum absolute atomic E-state index is 13.2. The minimum Gasteiger partial charge on any atom is -0.441 e. The molecule has 0 unspecified atom stereocenters. The molecule has 0 saturated carbocycles. The summed E-state index contributed by atoms with van der Waals surface area (Å²) in [5, 5.41) is 0. The smallest absolute Gasteiger partial charge is 0.241 e. The standard InChI is InChI=1S/C21H22N2O3S/c1-14-10-11-17(20-13-22-15(2)26-20)12-21(14)27(24,25)23-19-9-5-7-16-6-3-4-8-18(16)19/h3-4,6,8,10-13,19,23H,5,7,9H2,1-2H3/t19-/m0/s1. The van der Waals surface area contributed by atoms with Gasteiger partial charge >= 0.3 is 0 Å². The summed E-state index contributed by atoms with van der Waals surface area (Å²) >= 11 is 0. The molecular formula is C21H22N2O3S. The highest BCUT2D eigenvalue weighted by Crippen LogP contribution is 2.32. The lowest BCUT2D eigenvalue weighted by atomic mass is 9.88. The molecule has 6 heteroatoms. The number of fused-ring (bicyclic) bond motifs is 1. The number of hydrogen-bond donors (Lipinski definition) is 1. The molecule has 0 aliphatic heterocycles. The Bertz CT molecular complexity index is 1090. The molecular weight excluding hydrogens is 360 g/mol. The first-order valence-corrected chi connectivity index (χ1v) is 10.6. The van der Waals surface area contributed by atoms with Crippen LogP contribution in [0.5, 0.6) is 0 Å². The maximum Gasteiger partial charge on any atom is 0.241 e. The van der Waals surface area contributed by atoms with Gasteiger partial charge in [-0.2, -0.15) is 0 Å². The Hall–Kier alpha value is -2.44. The van der Waals surface area contributed by atoms with Gasteiger partial charge in [0.1, 0.15) is 0 Å². The molecule has 0 radical (unpaired) electrons. The van der Waals surface area contributed by atoms with Gasteiger partial charge in [-0.25, -0.2) is 18.1 Å². The SMILES string of the molecule is Cc1ncc(-c2ccc(C)c(S(=O)(=O)N[C@H]3CCCc4ccccc43)c2)o1. The summed E-state index contributed by atoms with van der Waals surface area (Å²) in [6, 6.07) is 13.2. The monoisotopic (exact) mass is 382 g/mol. The van der Waals surface area contributed by atoms with Crippen molar-refractivity contribution in [1.82, 2.24) is 9.71 Å². The lowest BCUT2D eigenvalue weighted by molar-refractivity contribution is 0.507. The molecule has 1 aliphatic carbocycles. The van der Waals surface area contributed by atoms with Crippen LogP contribution in [0.1, 0.15) is 41.5 Å². The Morgan fingerprint density at radius 1 is 1.15 bits per heavy atom. The minimum absolute atomic E-state index is 0.199. The number of nitrogens with one attached hydrogen (secondary N) is 1. The quantitative estimate of drug-likeness (QED) is 0.730. The van der Waals surface area contributed by atoms with Gasteiger partial charge in [0.15, 0.2) is 11.7 Å². The van der Waals surface area contributed by atoms with E-state index in [1.165, 1.54) is 5.56 Å². The molecule has 27 heavy (non-hydrogen) atoms. The third kappa shape index (κ3) is 3.55. The first kappa shape index (κ1) is 17.9. The zero-order chi connectivity index (χ0) is 19.0. The summed E-state index contributed by atoms with van der Waals surface area (Å²) in [7, 11) is -3.67. The second-order valence-corrected chi connectivity index (χ2v) is 8.67. The molecule has 1 atom stereocenters. The van der Waals surface area contributed by atoms with E-state index in [0.717, 1.165) is 24.8 Å². The van der Waals surface area contributed by atoms with Gasteiger partial charge in [0.05, 0.1) is 11.1 Å². The van der Waals surface area contributed by atoms with E-state index >= 15 is 0 Å². The lowest BCUT2D eigenvalue weighted by Crippen LogP contribution is -2.31. The van der Waals surface area contributed by atoms with E-state index in [0.29, 0.717) is 22.8 Å². The van der Waals surface area contributed by atoms with E-state index in [1.54, 1.807) is 32.2 Å². The molecule has 1 aliphatic rings. The van der Waals surface area contributed by atoms with E-state index in [2.05, 4.69) is 15.8 Å². The molecule has 0 spiro atoms. The van der Waals surface area contributed by atoms with Crippen LogP contribution >= 0.6 is 0 Å². The van der Waals surface area contributed by atoms with Crippen LogP contribution in [0.15, 0.2) is 58.0 Å². The molecule has 2 aromatic carbocycles. The Labute approximate surface area is 159 Å². The van der Waals surface area contributed by atoms with Crippen LogP contribution in [-0.4, -0.2) is 13.4 Å². The number of hydrogen-bond acceptors (Lipinski definition) is 4. The van der Waals surface area contributed by atoms with Crippen LogP contribution < -0.4 is 4.72 Å². The first-order valence-electron chi connectivity index (χ1n) is 9.07. The van der Waals surface area contributed by atoms with Crippen LogP contribution in [0.3, 0.4) is 0 Å². The number of rotatable bonds is 4. The van der Waals surface area contributed by atoms with Gasteiger partial charge in [0.25, 0.3) is 0 Å². The number of oxazole rings is 1. The van der Waals surface area contributed by atoms with Gasteiger partial charge in [-0.1, -0.05) is 36.4 Å². The van der Waals surface area contributed by atoms with Gasteiger partial charge in [0.2, 0.25) is 10.0 Å². The van der Waals surface area contributed by atoms with Crippen molar-refractivity contribution in [1.29, 1.82) is 0 Å². The van der Waals surface area contributed by atoms with Crippen LogP contribution in [-0.2, 0) is 16.4 Å². The summed E-state index contributed by atoms with van der Waals surface area (Å²) in [6.07, 6.45) is 4.38. The highest BCUT2D eigenvalue weighted by Gasteiger charge is 2.27. The molecule has 4 rings (SSSR count). The fourth-order valence-corrected chi connectivity index (χ4v) is 5.19. The number of nitrogens with zero attached hydrogens (tertiary/aromatic N) is 1. The highest BCUT2D eigenvalue weighted by molar-refractivity contribution is 7.89. The van der Waals surface area contributed by atoms with Crippen LogP contribution in [0.2, 0.25) is 0 Å². The molecule has 1 aromatic heterocycles. The van der Waals surface area contributed by atoms with Crippen molar-refractivity contribution >= 4 is 10.0 Å². The molecule has 1 heterocycles. The second-order valence-electron chi connectivity index (χ2n) is 6.99. The molecule has 0 bridgehead atoms. The Morgan fingerprint density at radius 2 is 1.96 bits per heavy atom. The number of sulfonamides is 1. The fourth-order valence-electron chi connectivity index (χ4n) is 3.66. The van der Waals surface area contributed by atoms with Crippen LogP contribution in [0.25, 0.3) is 11.3 Å². The maximum atomic E-state index is 13.2. The second kappa shape index (κ2) is 6.94. The summed E-state index contributed by atoms with van der Waals surface area (Å²) in [5.41, 5.74) is 3.70. The third-order valence-electron chi connectivity index (χ3n) is 5.05. The van der Waals surface area contributed by atoms with Gasteiger partial charge < -0.3 is 4.42 Å². The lowest BCUT2D eigenvalue weighted by Gasteiger charge is -2.26. The molecule has 5 nitrogen and oxygen atoms in total. The molecule has 0 amide bonds. The van der Waals surface area contributed by atoms with Crippen LogP contribution in [0.4, 0.5) is 0 Å². The van der Waals surface area contributed by atoms with Gasteiger partial charge in [0, 0.05) is 18.5 Å². The van der Waals surface area contributed by atoms with Crippen molar-refractivity contribution < 1.29 is 12.8 Å². The zero-order valence-electron chi connectivity index (χ0n) is 15.4. The van der Waals surface area contributed by atoms with Crippen molar-refractivity contribution in [2.75, 3.05) is 0 Å². The summed E-state index contributed by atoms with van der Waals surface area (Å²) in [4.78, 5) is 4.37. The van der Waals surface area contributed by atoms with Crippen molar-refractivity contribution in [2.24, 2.45) is 0 Å². The number of benzene rings is 2. The van der Waals surface area contributed by atoms with Crippen LogP contribution in [0, 0.1) is 13.8 Å². The van der Waals surface area contributed by atoms with E-state index in [1.807, 2.05) is 24.3 Å². The molecule has 0 saturated heterocycles. The Morgan fingerprint density at radius 3 is 2.74 bits per heavy atom. The molecule has 0 fully saturated rings. The first-order chi connectivity index (χ1) is 12.9. The Kier molecular flexibility index (Phi) is 4.61. The van der Waals surface area contributed by atoms with Crippen molar-refractivity contribution in [3.63, 3.8) is 0 Å². The summed E-state index contributed by atoms with van der Waals surface area (Å²) in [5.74, 6) is 1.11. The Balaban J connectivity index is 1.69. The largest absolute Gasteiger partial charge is 0.441 e. The van der Waals surface area contributed by atoms with Crippen molar-refractivity contribution in [3.8, 4) is 11.3 Å². The van der Waals surface area contributed by atoms with E-state index in [4.69, 9.17) is 4.42 Å². The predicted molar refractivity (Wildman–Crippen MR) is 104 cm³/mol. The van der Waals surface area contributed by atoms with Gasteiger partial charge in [-0.15, -0.1) is 0 Å². The van der Waals surface area contributed by atoms with Crippen molar-refractivity contribution in [2.45, 2.75) is 44.0 Å². The summed E-state index contributed by atoms with van der Waals surface area (Å²) in [6.45, 7) is 3.57. The number of aromatic nitrogens is 1. The van der Waals surface area contributed by atoms with Gasteiger partial charge in [-0.05, 0) is 48.9 Å². The average Bonchev–Trinajstić information content (AvgIpc) is 3.08. The molecule has 140 valence electrons. The topological polar surface area (TPSA) is 72.2 Å². The molecule has 3 aromatic rings. The normalized spacial score (nSPS) is 16.9. The predicted octanol–water partition coefficient (Wildman–Crippen LogP) is 4.31. The highest BCUT2D eigenvalue weighted by atomic mass is 32.2. The fraction of sp³-hybridized carbons (Fsp3) is 0.286. The third-order valence-corrected chi connectivity index (χ3v) is 6.66. The van der Waals surface area contributed by atoms with Gasteiger partial charge in [-0.3, -0.25) is 0 Å². The average molecular weight is 382 g/mol. The minimum atomic E-state index is -3.67. The summed E-state index contributed by atoms with van der Waals surface area (Å²) < 4.78 is 34.8. The van der Waals surface area contributed by atoms with Crippen molar-refractivity contribution in [3.05, 3.63) is 71.2 Å². The van der Waals surface area contributed by atoms with E-state index in [-0.39, 0.29) is 10.9 Å². The molecule has 1 N–H and O–H groups in total.